The van der Waals surface area contributed by atoms with Crippen LogP contribution in [-0.2, 0) is 11.3 Å². The second-order valence-corrected chi connectivity index (χ2v) is 4.37. The van der Waals surface area contributed by atoms with Gasteiger partial charge in [0.1, 0.15) is 12.4 Å². The number of phenols is 1. The average molecular weight is 289 g/mol. The van der Waals surface area contributed by atoms with Crippen molar-refractivity contribution in [2.45, 2.75) is 13.5 Å². The number of rotatable bonds is 5. The van der Waals surface area contributed by atoms with Crippen molar-refractivity contribution in [1.82, 2.24) is 10.4 Å². The molecule has 0 aliphatic carbocycles. The Bertz CT molecular complexity index is 664. The number of hydrogen-bond donors (Lipinski definition) is 3. The maximum atomic E-state index is 11.7. The van der Waals surface area contributed by atoms with Crippen molar-refractivity contribution in [1.29, 1.82) is 0 Å². The van der Waals surface area contributed by atoms with Crippen molar-refractivity contribution in [2.24, 2.45) is 5.10 Å². The Labute approximate surface area is 121 Å². The molecule has 2 rings (SSSR count). The number of aromatic amines is 1. The van der Waals surface area contributed by atoms with Gasteiger partial charge in [0.05, 0.1) is 13.3 Å². The first kappa shape index (κ1) is 14.6. The lowest BCUT2D eigenvalue weighted by Crippen LogP contribution is -2.42. The number of aryl methyl sites for hydroxylation is 1. The molecule has 0 bridgehead atoms. The number of hydrogen-bond acceptors (Lipinski definition) is 4. The summed E-state index contributed by atoms with van der Waals surface area (Å²) in [7, 11) is 1.45. The molecule has 1 amide bonds. The molecule has 0 aliphatic heterocycles. The molecule has 0 fully saturated rings. The fourth-order valence-electron chi connectivity index (χ4n) is 1.84. The maximum Gasteiger partial charge on any atom is 0.282 e. The zero-order chi connectivity index (χ0) is 15.2. The van der Waals surface area contributed by atoms with E-state index in [0.29, 0.717) is 11.3 Å². The quantitative estimate of drug-likeness (QED) is 0.425. The molecule has 0 unspecified atom stereocenters. The first-order chi connectivity index (χ1) is 10.1. The summed E-state index contributed by atoms with van der Waals surface area (Å²) < 4.78 is 6.84. The second-order valence-electron chi connectivity index (χ2n) is 4.37. The second kappa shape index (κ2) is 6.56. The lowest BCUT2D eigenvalue weighted by atomic mass is 10.2. The number of nitrogens with zero attached hydrogens (tertiary/aromatic N) is 2. The fraction of sp³-hybridized carbons (Fsp3) is 0.214. The van der Waals surface area contributed by atoms with E-state index in [-0.39, 0.29) is 18.2 Å². The van der Waals surface area contributed by atoms with E-state index in [0.717, 1.165) is 5.82 Å². The normalized spacial score (nSPS) is 10.8. The molecule has 1 aromatic heterocycles. The van der Waals surface area contributed by atoms with Crippen LogP contribution in [0.4, 0.5) is 0 Å². The zero-order valence-electron chi connectivity index (χ0n) is 11.8. The summed E-state index contributed by atoms with van der Waals surface area (Å²) in [6.07, 6.45) is 4.95. The van der Waals surface area contributed by atoms with Gasteiger partial charge in [-0.15, -0.1) is 0 Å². The molecule has 7 heteroatoms. The monoisotopic (exact) mass is 289 g/mol. The molecule has 110 valence electrons. The van der Waals surface area contributed by atoms with Crippen molar-refractivity contribution in [2.75, 3.05) is 7.11 Å². The lowest BCUT2D eigenvalue weighted by Gasteiger charge is -2.05. The molecule has 0 atom stereocenters. The molecule has 1 heterocycles. The smallest absolute Gasteiger partial charge is 0.282 e. The molecule has 0 radical (unpaired) electrons. The number of para-hydroxylation sites is 1. The van der Waals surface area contributed by atoms with Crippen LogP contribution in [0.5, 0.6) is 11.5 Å². The Hall–Kier alpha value is -2.83. The van der Waals surface area contributed by atoms with E-state index in [4.69, 9.17) is 4.74 Å². The van der Waals surface area contributed by atoms with E-state index in [1.54, 1.807) is 29.1 Å². The van der Waals surface area contributed by atoms with Crippen molar-refractivity contribution in [3.8, 4) is 11.5 Å². The summed E-state index contributed by atoms with van der Waals surface area (Å²) >= 11 is 0. The van der Waals surface area contributed by atoms with Crippen LogP contribution in [0.15, 0.2) is 35.7 Å². The molecule has 2 aromatic rings. The summed E-state index contributed by atoms with van der Waals surface area (Å²) in [5.41, 5.74) is 3.00. The molecular weight excluding hydrogens is 272 g/mol. The van der Waals surface area contributed by atoms with E-state index in [2.05, 4.69) is 15.5 Å². The van der Waals surface area contributed by atoms with Gasteiger partial charge in [0.25, 0.3) is 11.7 Å². The van der Waals surface area contributed by atoms with Crippen molar-refractivity contribution in [3.63, 3.8) is 0 Å². The molecule has 21 heavy (non-hydrogen) atoms. The van der Waals surface area contributed by atoms with Crippen LogP contribution < -0.4 is 14.7 Å². The number of aromatic nitrogens is 2. The summed E-state index contributed by atoms with van der Waals surface area (Å²) in [5, 5.41) is 13.5. The van der Waals surface area contributed by atoms with Crippen LogP contribution in [0.1, 0.15) is 11.4 Å². The Morgan fingerprint density at radius 3 is 3.05 bits per heavy atom. The van der Waals surface area contributed by atoms with Gasteiger partial charge in [0, 0.05) is 12.5 Å². The molecule has 0 saturated carbocycles. The van der Waals surface area contributed by atoms with E-state index in [1.807, 2.05) is 6.92 Å². The molecule has 0 aliphatic rings. The third kappa shape index (κ3) is 3.59. The van der Waals surface area contributed by atoms with Gasteiger partial charge in [-0.2, -0.15) is 5.10 Å². The number of benzene rings is 1. The molecule has 0 spiro atoms. The zero-order valence-corrected chi connectivity index (χ0v) is 11.8. The highest BCUT2D eigenvalue weighted by molar-refractivity contribution is 5.86. The van der Waals surface area contributed by atoms with Gasteiger partial charge in [0.15, 0.2) is 18.0 Å². The minimum atomic E-state index is -0.252. The van der Waals surface area contributed by atoms with Gasteiger partial charge in [-0.05, 0) is 12.1 Å². The van der Waals surface area contributed by atoms with Crippen LogP contribution in [-0.4, -0.2) is 29.3 Å². The number of carbonyl (C=O) groups is 1. The Kier molecular flexibility index (Phi) is 4.55. The Morgan fingerprint density at radius 1 is 1.57 bits per heavy atom. The third-order valence-electron chi connectivity index (χ3n) is 2.91. The highest BCUT2D eigenvalue weighted by atomic mass is 16.5. The van der Waals surface area contributed by atoms with E-state index in [1.165, 1.54) is 19.4 Å². The van der Waals surface area contributed by atoms with Gasteiger partial charge in [-0.25, -0.2) is 15.0 Å². The number of H-pyrrole nitrogens is 1. The molecule has 1 aromatic carbocycles. The van der Waals surface area contributed by atoms with Gasteiger partial charge >= 0.3 is 0 Å². The Balaban J connectivity index is 1.98. The maximum absolute atomic E-state index is 11.7. The lowest BCUT2D eigenvalue weighted by molar-refractivity contribution is -0.689. The first-order valence-electron chi connectivity index (χ1n) is 6.33. The number of nitrogens with one attached hydrogen (secondary N) is 2. The highest BCUT2D eigenvalue weighted by Gasteiger charge is 2.10. The fourth-order valence-corrected chi connectivity index (χ4v) is 1.84. The summed E-state index contributed by atoms with van der Waals surface area (Å²) in [6.45, 7) is 2.04. The van der Waals surface area contributed by atoms with Crippen molar-refractivity contribution in [3.05, 3.63) is 42.0 Å². The topological polar surface area (TPSA) is 90.6 Å². The predicted octanol–water partition coefficient (Wildman–Crippen LogP) is 0.475. The predicted molar refractivity (Wildman–Crippen MR) is 76.1 cm³/mol. The van der Waals surface area contributed by atoms with Crippen molar-refractivity contribution >= 4 is 12.1 Å². The number of imidazole rings is 1. The molecule has 3 N–H and O–H groups in total. The average Bonchev–Trinajstić information content (AvgIpc) is 2.84. The molecule has 0 saturated heterocycles. The summed E-state index contributed by atoms with van der Waals surface area (Å²) in [6, 6.07) is 4.90. The van der Waals surface area contributed by atoms with Gasteiger partial charge in [-0.3, -0.25) is 4.79 Å². The van der Waals surface area contributed by atoms with E-state index < -0.39 is 0 Å². The molecule has 7 nitrogen and oxygen atoms in total. The third-order valence-corrected chi connectivity index (χ3v) is 2.91. The number of amides is 1. The number of carbonyl (C=O) groups excluding carboxylic acids is 1. The minimum absolute atomic E-state index is 0.0197. The van der Waals surface area contributed by atoms with Crippen LogP contribution in [0.25, 0.3) is 0 Å². The SMILES string of the molecule is COc1c(O)cccc1C=NNC(=O)C[n+]1cc[nH]c1C. The molecular formula is C14H17N4O3+. The van der Waals surface area contributed by atoms with Crippen LogP contribution in [0, 0.1) is 6.92 Å². The largest absolute Gasteiger partial charge is 0.504 e. The number of hydrazone groups is 1. The number of aromatic hydroxyl groups is 1. The van der Waals surface area contributed by atoms with Gasteiger partial charge < -0.3 is 9.84 Å². The van der Waals surface area contributed by atoms with Crippen molar-refractivity contribution < 1.29 is 19.2 Å². The van der Waals surface area contributed by atoms with Crippen LogP contribution in [0.3, 0.4) is 0 Å². The minimum Gasteiger partial charge on any atom is -0.504 e. The van der Waals surface area contributed by atoms with Gasteiger partial charge in [-0.1, -0.05) is 6.07 Å². The highest BCUT2D eigenvalue weighted by Crippen LogP contribution is 2.28. The van der Waals surface area contributed by atoms with E-state index in [9.17, 15) is 9.90 Å². The summed E-state index contributed by atoms with van der Waals surface area (Å²) in [5.74, 6) is 0.958. The van der Waals surface area contributed by atoms with Crippen LogP contribution in [0.2, 0.25) is 0 Å². The van der Waals surface area contributed by atoms with Crippen LogP contribution >= 0.6 is 0 Å². The number of phenolic OH excluding ortho intramolecular Hbond substituents is 1. The number of ether oxygens (including phenoxy) is 1. The first-order valence-corrected chi connectivity index (χ1v) is 6.33. The van der Waals surface area contributed by atoms with Gasteiger partial charge in [0.2, 0.25) is 0 Å². The Morgan fingerprint density at radius 2 is 2.38 bits per heavy atom. The van der Waals surface area contributed by atoms with E-state index >= 15 is 0 Å². The summed E-state index contributed by atoms with van der Waals surface area (Å²) in [4.78, 5) is 14.7. The standard InChI is InChI=1S/C14H16N4O3/c1-10-15-6-7-18(10)9-13(20)17-16-8-11-4-3-5-12(19)14(11)21-2/h3-8H,9H2,1-2H3,(H2,17,19,20)/p+1. The number of methoxy groups -OCH3 is 1.